The predicted molar refractivity (Wildman–Crippen MR) is 88.8 cm³/mol. The number of aryl methyl sites for hydroxylation is 1. The third kappa shape index (κ3) is 3.08. The monoisotopic (exact) mass is 326 g/mol. The van der Waals surface area contributed by atoms with Crippen molar-refractivity contribution in [3.63, 3.8) is 0 Å². The Labute approximate surface area is 139 Å². The number of methoxy groups -OCH3 is 1. The Bertz CT molecular complexity index is 788. The third-order valence-electron chi connectivity index (χ3n) is 4.09. The van der Waals surface area contributed by atoms with E-state index in [1.54, 1.807) is 18.1 Å². The summed E-state index contributed by atoms with van der Waals surface area (Å²) in [4.78, 5) is 29.6. The van der Waals surface area contributed by atoms with Gasteiger partial charge in [-0.25, -0.2) is 9.78 Å². The summed E-state index contributed by atoms with van der Waals surface area (Å²) in [6.45, 7) is 0.567. The van der Waals surface area contributed by atoms with E-state index in [4.69, 9.17) is 9.84 Å². The van der Waals surface area contributed by atoms with Crippen LogP contribution < -0.4 is 9.64 Å². The maximum atomic E-state index is 12.9. The van der Waals surface area contributed by atoms with Crippen molar-refractivity contribution < 1.29 is 19.4 Å². The minimum absolute atomic E-state index is 0.130. The van der Waals surface area contributed by atoms with E-state index in [1.165, 1.54) is 12.1 Å². The summed E-state index contributed by atoms with van der Waals surface area (Å²) in [6, 6.07) is 10.2. The fraction of sp³-hybridized carbons (Fsp3) is 0.278. The SMILES string of the molecule is COc1ccc2c(c1)N(C(=O)c1cccc(C(=O)O)n1)CCCC2. The van der Waals surface area contributed by atoms with E-state index in [-0.39, 0.29) is 17.3 Å². The molecule has 2 heterocycles. The first-order valence-electron chi connectivity index (χ1n) is 7.79. The summed E-state index contributed by atoms with van der Waals surface area (Å²) in [5.41, 5.74) is 1.88. The lowest BCUT2D eigenvalue weighted by molar-refractivity contribution is 0.0690. The van der Waals surface area contributed by atoms with Crippen LogP contribution in [-0.4, -0.2) is 35.6 Å². The summed E-state index contributed by atoms with van der Waals surface area (Å²) < 4.78 is 5.27. The van der Waals surface area contributed by atoms with Crippen molar-refractivity contribution in [2.24, 2.45) is 0 Å². The van der Waals surface area contributed by atoms with E-state index in [2.05, 4.69) is 4.98 Å². The molecule has 1 aliphatic heterocycles. The summed E-state index contributed by atoms with van der Waals surface area (Å²) in [5, 5.41) is 9.07. The number of aromatic carboxylic acids is 1. The van der Waals surface area contributed by atoms with Gasteiger partial charge in [0.05, 0.1) is 12.8 Å². The molecule has 0 atom stereocenters. The van der Waals surface area contributed by atoms with Gasteiger partial charge in [-0.2, -0.15) is 0 Å². The van der Waals surface area contributed by atoms with Crippen molar-refractivity contribution in [3.8, 4) is 5.75 Å². The number of hydrogen-bond acceptors (Lipinski definition) is 4. The fourth-order valence-corrected chi connectivity index (χ4v) is 2.86. The molecule has 1 aromatic carbocycles. The standard InChI is InChI=1S/C18H18N2O4/c1-24-13-9-8-12-5-2-3-10-20(16(12)11-13)17(21)14-6-4-7-15(19-14)18(22)23/h4,6-9,11H,2-3,5,10H2,1H3,(H,22,23). The fourth-order valence-electron chi connectivity index (χ4n) is 2.86. The second-order valence-electron chi connectivity index (χ2n) is 5.62. The van der Waals surface area contributed by atoms with Gasteiger partial charge in [-0.15, -0.1) is 0 Å². The predicted octanol–water partition coefficient (Wildman–Crippen LogP) is 2.77. The molecule has 1 aliphatic rings. The molecule has 0 unspecified atom stereocenters. The molecule has 1 aromatic heterocycles. The van der Waals surface area contributed by atoms with Gasteiger partial charge < -0.3 is 14.7 Å². The Hall–Kier alpha value is -2.89. The highest BCUT2D eigenvalue weighted by atomic mass is 16.5. The highest BCUT2D eigenvalue weighted by Crippen LogP contribution is 2.31. The van der Waals surface area contributed by atoms with Gasteiger partial charge in [-0.3, -0.25) is 4.79 Å². The van der Waals surface area contributed by atoms with Crippen LogP contribution in [0.4, 0.5) is 5.69 Å². The van der Waals surface area contributed by atoms with Gasteiger partial charge in [-0.1, -0.05) is 12.1 Å². The average Bonchev–Trinajstić information content (AvgIpc) is 2.82. The first kappa shape index (κ1) is 16.0. The molecule has 0 saturated carbocycles. The zero-order chi connectivity index (χ0) is 17.1. The van der Waals surface area contributed by atoms with Crippen LogP contribution in [0.1, 0.15) is 39.4 Å². The van der Waals surface area contributed by atoms with Crippen LogP contribution in [0.5, 0.6) is 5.75 Å². The number of pyridine rings is 1. The van der Waals surface area contributed by atoms with Crippen LogP contribution in [0, 0.1) is 0 Å². The summed E-state index contributed by atoms with van der Waals surface area (Å²) in [6.07, 6.45) is 2.76. The number of benzene rings is 1. The van der Waals surface area contributed by atoms with Crippen LogP contribution in [0.15, 0.2) is 36.4 Å². The lowest BCUT2D eigenvalue weighted by Gasteiger charge is -2.23. The Morgan fingerprint density at radius 3 is 2.71 bits per heavy atom. The number of hydrogen-bond donors (Lipinski definition) is 1. The van der Waals surface area contributed by atoms with Crippen LogP contribution in [0.2, 0.25) is 0 Å². The van der Waals surface area contributed by atoms with Crippen molar-refractivity contribution in [3.05, 3.63) is 53.3 Å². The molecular weight excluding hydrogens is 308 g/mol. The third-order valence-corrected chi connectivity index (χ3v) is 4.09. The van der Waals surface area contributed by atoms with E-state index in [1.807, 2.05) is 18.2 Å². The summed E-state index contributed by atoms with van der Waals surface area (Å²) >= 11 is 0. The summed E-state index contributed by atoms with van der Waals surface area (Å²) in [7, 11) is 1.59. The van der Waals surface area contributed by atoms with Gasteiger partial charge in [0.15, 0.2) is 0 Å². The van der Waals surface area contributed by atoms with E-state index in [9.17, 15) is 9.59 Å². The highest BCUT2D eigenvalue weighted by Gasteiger charge is 2.24. The molecule has 124 valence electrons. The molecule has 6 heteroatoms. The Kier molecular flexibility index (Phi) is 4.46. The van der Waals surface area contributed by atoms with Gasteiger partial charge in [0.25, 0.3) is 5.91 Å². The highest BCUT2D eigenvalue weighted by molar-refractivity contribution is 6.06. The normalized spacial score (nSPS) is 13.8. The topological polar surface area (TPSA) is 79.7 Å². The van der Waals surface area contributed by atoms with Crippen LogP contribution in [-0.2, 0) is 6.42 Å². The molecule has 0 saturated heterocycles. The zero-order valence-electron chi connectivity index (χ0n) is 13.4. The molecule has 24 heavy (non-hydrogen) atoms. The number of anilines is 1. The van der Waals surface area contributed by atoms with Crippen molar-refractivity contribution in [1.82, 2.24) is 4.98 Å². The molecule has 6 nitrogen and oxygen atoms in total. The van der Waals surface area contributed by atoms with Crippen LogP contribution >= 0.6 is 0 Å². The van der Waals surface area contributed by atoms with Gasteiger partial charge in [-0.05, 0) is 43.0 Å². The first-order valence-corrected chi connectivity index (χ1v) is 7.79. The molecular formula is C18H18N2O4. The smallest absolute Gasteiger partial charge is 0.354 e. The van der Waals surface area contributed by atoms with E-state index < -0.39 is 5.97 Å². The molecule has 3 rings (SSSR count). The Morgan fingerprint density at radius 2 is 1.96 bits per heavy atom. The van der Waals surface area contributed by atoms with Gasteiger partial charge in [0, 0.05) is 12.6 Å². The number of nitrogens with zero attached hydrogens (tertiary/aromatic N) is 2. The van der Waals surface area contributed by atoms with Crippen molar-refractivity contribution in [2.75, 3.05) is 18.6 Å². The maximum Gasteiger partial charge on any atom is 0.354 e. The number of carbonyl (C=O) groups excluding carboxylic acids is 1. The number of fused-ring (bicyclic) bond motifs is 1. The molecule has 0 bridgehead atoms. The molecule has 0 fully saturated rings. The molecule has 0 aliphatic carbocycles. The molecule has 1 amide bonds. The zero-order valence-corrected chi connectivity index (χ0v) is 13.4. The van der Waals surface area contributed by atoms with Crippen molar-refractivity contribution in [2.45, 2.75) is 19.3 Å². The van der Waals surface area contributed by atoms with Gasteiger partial charge in [0.2, 0.25) is 0 Å². The first-order chi connectivity index (χ1) is 11.6. The number of carboxylic acid groups (broad SMARTS) is 1. The Morgan fingerprint density at radius 1 is 1.17 bits per heavy atom. The number of carbonyl (C=O) groups is 2. The van der Waals surface area contributed by atoms with E-state index >= 15 is 0 Å². The molecule has 2 aromatic rings. The number of amides is 1. The van der Waals surface area contributed by atoms with E-state index in [0.717, 1.165) is 30.5 Å². The van der Waals surface area contributed by atoms with Gasteiger partial charge >= 0.3 is 5.97 Å². The molecule has 0 radical (unpaired) electrons. The number of ether oxygens (including phenoxy) is 1. The lowest BCUT2D eigenvalue weighted by Crippen LogP contribution is -2.32. The van der Waals surface area contributed by atoms with Crippen LogP contribution in [0.25, 0.3) is 0 Å². The van der Waals surface area contributed by atoms with Crippen LogP contribution in [0.3, 0.4) is 0 Å². The quantitative estimate of drug-likeness (QED) is 0.938. The minimum Gasteiger partial charge on any atom is -0.497 e. The molecule has 1 N–H and O–H groups in total. The maximum absolute atomic E-state index is 12.9. The lowest BCUT2D eigenvalue weighted by atomic mass is 10.1. The number of aromatic nitrogens is 1. The van der Waals surface area contributed by atoms with E-state index in [0.29, 0.717) is 12.3 Å². The van der Waals surface area contributed by atoms with Gasteiger partial charge in [0.1, 0.15) is 17.1 Å². The average molecular weight is 326 g/mol. The van der Waals surface area contributed by atoms with Crippen molar-refractivity contribution >= 4 is 17.6 Å². The molecule has 0 spiro atoms. The Balaban J connectivity index is 2.01. The second-order valence-corrected chi connectivity index (χ2v) is 5.62. The number of carboxylic acids is 1. The minimum atomic E-state index is -1.15. The largest absolute Gasteiger partial charge is 0.497 e. The van der Waals surface area contributed by atoms with Crippen molar-refractivity contribution in [1.29, 1.82) is 0 Å². The number of rotatable bonds is 3. The summed E-state index contributed by atoms with van der Waals surface area (Å²) in [5.74, 6) is -0.766. The second kappa shape index (κ2) is 6.70.